The first-order valence-corrected chi connectivity index (χ1v) is 19.2. The summed E-state index contributed by atoms with van der Waals surface area (Å²) in [5.41, 5.74) is -1.43. The van der Waals surface area contributed by atoms with E-state index in [2.05, 4.69) is 43.5 Å². The first-order valence-electron chi connectivity index (χ1n) is 19.2. The minimum Gasteiger partial charge on any atom is -0.356 e. The maximum Gasteiger partial charge on any atom is 0.225 e. The summed E-state index contributed by atoms with van der Waals surface area (Å²) in [5, 5.41) is 6.42. The van der Waals surface area contributed by atoms with Gasteiger partial charge in [0, 0.05) is 42.7 Å². The van der Waals surface area contributed by atoms with E-state index < -0.39 is 10.8 Å². The molecule has 2 N–H and O–H groups in total. The average molecular weight is 650 g/mol. The molecule has 0 aliphatic heterocycles. The molecular formula is C39H77N4O3+. The van der Waals surface area contributed by atoms with Crippen LogP contribution in [0.25, 0.3) is 0 Å². The highest BCUT2D eigenvalue weighted by Crippen LogP contribution is 2.44. The lowest BCUT2D eigenvalue weighted by atomic mass is 9.66. The second-order valence-electron chi connectivity index (χ2n) is 16.5. The molecule has 7 heteroatoms. The highest BCUT2D eigenvalue weighted by atomic mass is 16.2. The summed E-state index contributed by atoms with van der Waals surface area (Å²) in [4.78, 5) is 42.2. The van der Waals surface area contributed by atoms with E-state index in [1.807, 2.05) is 34.9 Å². The maximum absolute atomic E-state index is 13.8. The Hall–Kier alpha value is -1.47. The minimum atomic E-state index is -0.726. The summed E-state index contributed by atoms with van der Waals surface area (Å²) in [6, 6.07) is 0. The van der Waals surface area contributed by atoms with Crippen LogP contribution >= 0.6 is 0 Å². The molecule has 46 heavy (non-hydrogen) atoms. The molecule has 1 aliphatic rings. The second kappa shape index (κ2) is 22.2. The molecule has 3 unspecified atom stereocenters. The van der Waals surface area contributed by atoms with Gasteiger partial charge in [0.05, 0.1) is 27.2 Å². The fourth-order valence-electron chi connectivity index (χ4n) is 7.69. The highest BCUT2D eigenvalue weighted by molar-refractivity contribution is 5.86. The number of nitrogens with one attached hydrogen (secondary N) is 2. The molecule has 7 nitrogen and oxygen atoms in total. The Labute approximate surface area is 285 Å². The van der Waals surface area contributed by atoms with Crippen molar-refractivity contribution in [3.63, 3.8) is 0 Å². The summed E-state index contributed by atoms with van der Waals surface area (Å²) < 4.78 is 0.987. The molecule has 2 amide bonds. The normalized spacial score (nSPS) is 17.7. The number of hydrogen-bond donors (Lipinski definition) is 2. The number of carbonyl (C=O) groups is 3. The lowest BCUT2D eigenvalue weighted by Gasteiger charge is -2.39. The molecular weight excluding hydrogens is 572 g/mol. The third kappa shape index (κ3) is 17.1. The van der Waals surface area contributed by atoms with E-state index in [-0.39, 0.29) is 23.7 Å². The summed E-state index contributed by atoms with van der Waals surface area (Å²) in [6.45, 7) is 14.8. The zero-order valence-corrected chi connectivity index (χ0v) is 32.0. The van der Waals surface area contributed by atoms with E-state index in [4.69, 9.17) is 0 Å². The highest BCUT2D eigenvalue weighted by Gasteiger charge is 2.45. The number of hydrogen-bond acceptors (Lipinski definition) is 4. The van der Waals surface area contributed by atoms with Gasteiger partial charge in [-0.05, 0) is 71.5 Å². The molecule has 1 saturated carbocycles. The third-order valence-electron chi connectivity index (χ3n) is 10.6. The van der Waals surface area contributed by atoms with Gasteiger partial charge in [-0.25, -0.2) is 0 Å². The van der Waals surface area contributed by atoms with E-state index in [1.54, 1.807) is 0 Å². The molecule has 3 atom stereocenters. The summed E-state index contributed by atoms with van der Waals surface area (Å²) >= 11 is 0. The molecule has 0 saturated heterocycles. The van der Waals surface area contributed by atoms with Crippen molar-refractivity contribution in [3.05, 3.63) is 0 Å². The Morgan fingerprint density at radius 1 is 0.826 bits per heavy atom. The Kier molecular flexibility index (Phi) is 20.6. The standard InChI is InChI=1S/C39H76N4O3/c1-10-12-13-14-15-16-17-18-19-20-29-43(8,9)30-23-27-40-36(45)38(3,4)32-39(5,37(46)41-26-22-28-42(6)7)31-33(11-2)34-24-21-25-35(34)44/h33-34H,10-32H2,1-9H3,(H-,40,41,45,46)/p+1. The van der Waals surface area contributed by atoms with E-state index in [9.17, 15) is 14.4 Å². The third-order valence-corrected chi connectivity index (χ3v) is 10.6. The van der Waals surface area contributed by atoms with E-state index in [1.165, 1.54) is 70.8 Å². The largest absolute Gasteiger partial charge is 0.356 e. The molecule has 1 aliphatic carbocycles. The van der Waals surface area contributed by atoms with Crippen LogP contribution in [-0.4, -0.2) is 87.9 Å². The number of rotatable bonds is 27. The summed E-state index contributed by atoms with van der Waals surface area (Å²) in [5.74, 6) is 0.602. The van der Waals surface area contributed by atoms with Gasteiger partial charge in [-0.15, -0.1) is 0 Å². The van der Waals surface area contributed by atoms with Gasteiger partial charge in [0.25, 0.3) is 0 Å². The van der Waals surface area contributed by atoms with Gasteiger partial charge in [-0.3, -0.25) is 14.4 Å². The number of nitrogens with zero attached hydrogens (tertiary/aromatic N) is 2. The van der Waals surface area contributed by atoms with Crippen LogP contribution in [0.5, 0.6) is 0 Å². The first-order chi connectivity index (χ1) is 21.7. The van der Waals surface area contributed by atoms with Crippen molar-refractivity contribution in [1.29, 1.82) is 0 Å². The minimum absolute atomic E-state index is 0.0158. The number of carbonyl (C=O) groups excluding carboxylic acids is 3. The number of Topliss-reactive ketones (excluding diaryl/α,β-unsaturated/α-hetero) is 1. The van der Waals surface area contributed by atoms with Crippen molar-refractivity contribution < 1.29 is 18.9 Å². The Bertz CT molecular complexity index is 871. The van der Waals surface area contributed by atoms with Crippen LogP contribution in [-0.2, 0) is 14.4 Å². The number of ketones is 1. The van der Waals surface area contributed by atoms with Gasteiger partial charge >= 0.3 is 0 Å². The quantitative estimate of drug-likeness (QED) is 0.0704. The van der Waals surface area contributed by atoms with Crippen molar-refractivity contribution in [1.82, 2.24) is 15.5 Å². The summed E-state index contributed by atoms with van der Waals surface area (Å²) in [6.07, 6.45) is 19.9. The molecule has 0 aromatic rings. The molecule has 0 spiro atoms. The fraction of sp³-hybridized carbons (Fsp3) is 0.923. The van der Waals surface area contributed by atoms with Crippen LogP contribution in [0.1, 0.15) is 150 Å². The zero-order valence-electron chi connectivity index (χ0n) is 32.0. The lowest BCUT2D eigenvalue weighted by Crippen LogP contribution is -2.48. The van der Waals surface area contributed by atoms with Crippen LogP contribution in [0.2, 0.25) is 0 Å². The van der Waals surface area contributed by atoms with Gasteiger partial charge in [0.1, 0.15) is 5.78 Å². The molecule has 0 aromatic heterocycles. The number of unbranched alkanes of at least 4 members (excludes halogenated alkanes) is 9. The van der Waals surface area contributed by atoms with Crippen LogP contribution in [0.15, 0.2) is 0 Å². The molecule has 1 fully saturated rings. The van der Waals surface area contributed by atoms with Crippen LogP contribution in [0.3, 0.4) is 0 Å². The molecule has 0 heterocycles. The molecule has 270 valence electrons. The fourth-order valence-corrected chi connectivity index (χ4v) is 7.69. The summed E-state index contributed by atoms with van der Waals surface area (Å²) in [7, 11) is 8.69. The predicted octanol–water partition coefficient (Wildman–Crippen LogP) is 7.77. The van der Waals surface area contributed by atoms with Gasteiger partial charge in [-0.1, -0.05) is 92.4 Å². The molecule has 0 radical (unpaired) electrons. The molecule has 0 bridgehead atoms. The SMILES string of the molecule is CCCCCCCCCCCC[N+](C)(C)CCCNC(=O)C(C)(C)CC(C)(CC(CC)C1CCCC1=O)C(=O)NCCCN(C)C. The number of quaternary nitrogens is 1. The smallest absolute Gasteiger partial charge is 0.225 e. The van der Waals surface area contributed by atoms with Crippen molar-refractivity contribution in [2.75, 3.05) is 60.9 Å². The van der Waals surface area contributed by atoms with Crippen LogP contribution in [0, 0.1) is 22.7 Å². The monoisotopic (exact) mass is 650 g/mol. The molecule has 0 aromatic carbocycles. The zero-order chi connectivity index (χ0) is 34.6. The van der Waals surface area contributed by atoms with Crippen molar-refractivity contribution >= 4 is 17.6 Å². The Morgan fingerprint density at radius 3 is 1.91 bits per heavy atom. The molecule has 1 rings (SSSR count). The van der Waals surface area contributed by atoms with E-state index >= 15 is 0 Å². The second-order valence-corrected chi connectivity index (χ2v) is 16.5. The topological polar surface area (TPSA) is 78.5 Å². The Balaban J connectivity index is 2.62. The lowest BCUT2D eigenvalue weighted by molar-refractivity contribution is -0.890. The van der Waals surface area contributed by atoms with Gasteiger partial charge in [0.15, 0.2) is 0 Å². The maximum atomic E-state index is 13.8. The average Bonchev–Trinajstić information content (AvgIpc) is 3.42. The van der Waals surface area contributed by atoms with Crippen LogP contribution in [0.4, 0.5) is 0 Å². The van der Waals surface area contributed by atoms with E-state index in [0.717, 1.165) is 49.7 Å². The van der Waals surface area contributed by atoms with Crippen molar-refractivity contribution in [2.45, 2.75) is 150 Å². The first kappa shape index (κ1) is 42.6. The van der Waals surface area contributed by atoms with Crippen LogP contribution < -0.4 is 10.6 Å². The van der Waals surface area contributed by atoms with Gasteiger partial charge in [-0.2, -0.15) is 0 Å². The number of amides is 2. The predicted molar refractivity (Wildman–Crippen MR) is 195 cm³/mol. The van der Waals surface area contributed by atoms with Crippen molar-refractivity contribution in [3.8, 4) is 0 Å². The van der Waals surface area contributed by atoms with Gasteiger partial charge < -0.3 is 20.0 Å². The van der Waals surface area contributed by atoms with E-state index in [0.29, 0.717) is 38.1 Å². The van der Waals surface area contributed by atoms with Gasteiger partial charge in [0.2, 0.25) is 11.8 Å². The van der Waals surface area contributed by atoms with Crippen molar-refractivity contribution in [2.24, 2.45) is 22.7 Å². The Morgan fingerprint density at radius 2 is 1.37 bits per heavy atom.